The van der Waals surface area contributed by atoms with Crippen LogP contribution >= 0.6 is 0 Å². The highest BCUT2D eigenvalue weighted by Crippen LogP contribution is 2.13. The average molecular weight is 231 g/mol. The van der Waals surface area contributed by atoms with Gasteiger partial charge >= 0.3 is 0 Å². The summed E-state index contributed by atoms with van der Waals surface area (Å²) in [5.74, 6) is 0. The first kappa shape index (κ1) is 13.9. The van der Waals surface area contributed by atoms with E-state index in [1.54, 1.807) is 7.11 Å². The van der Waals surface area contributed by atoms with E-state index in [1.165, 1.54) is 12.8 Å². The second-order valence-electron chi connectivity index (χ2n) is 4.33. The molecule has 4 nitrogen and oxygen atoms in total. The highest BCUT2D eigenvalue weighted by atomic mass is 16.5. The molecule has 1 saturated heterocycles. The highest BCUT2D eigenvalue weighted by molar-refractivity contribution is 4.64. The summed E-state index contributed by atoms with van der Waals surface area (Å²) in [6, 6.07) is 0. The van der Waals surface area contributed by atoms with Gasteiger partial charge in [0.05, 0.1) is 25.4 Å². The molecule has 16 heavy (non-hydrogen) atoms. The Balaban J connectivity index is 1.94. The van der Waals surface area contributed by atoms with Crippen molar-refractivity contribution in [3.63, 3.8) is 0 Å². The lowest BCUT2D eigenvalue weighted by molar-refractivity contribution is -0.0584. The Morgan fingerprint density at radius 1 is 1.44 bits per heavy atom. The van der Waals surface area contributed by atoms with Gasteiger partial charge in [-0.05, 0) is 26.2 Å². The van der Waals surface area contributed by atoms with Gasteiger partial charge in [0.2, 0.25) is 0 Å². The first-order chi connectivity index (χ1) is 7.83. The van der Waals surface area contributed by atoms with Crippen LogP contribution < -0.4 is 5.32 Å². The minimum absolute atomic E-state index is 0.238. The number of methoxy groups -OCH3 is 1. The van der Waals surface area contributed by atoms with Gasteiger partial charge in [0, 0.05) is 26.8 Å². The summed E-state index contributed by atoms with van der Waals surface area (Å²) in [6.45, 7) is 6.21. The Morgan fingerprint density at radius 3 is 3.00 bits per heavy atom. The first-order valence-corrected chi connectivity index (χ1v) is 6.25. The van der Waals surface area contributed by atoms with Gasteiger partial charge in [0.15, 0.2) is 0 Å². The highest BCUT2D eigenvalue weighted by Gasteiger charge is 2.14. The largest absolute Gasteiger partial charge is 0.383 e. The van der Waals surface area contributed by atoms with Crippen LogP contribution in [0, 0.1) is 0 Å². The fourth-order valence-electron chi connectivity index (χ4n) is 1.75. The second kappa shape index (κ2) is 8.93. The third-order valence-electron chi connectivity index (χ3n) is 2.76. The zero-order valence-corrected chi connectivity index (χ0v) is 10.5. The molecule has 0 radical (unpaired) electrons. The molecule has 1 N–H and O–H groups in total. The molecule has 1 fully saturated rings. The molecule has 2 unspecified atom stereocenters. The molecule has 0 aromatic heterocycles. The molecular formula is C12H25NO3. The van der Waals surface area contributed by atoms with Gasteiger partial charge in [0.25, 0.3) is 0 Å². The van der Waals surface area contributed by atoms with Crippen molar-refractivity contribution in [1.29, 1.82) is 0 Å². The quantitative estimate of drug-likeness (QED) is 0.637. The molecule has 0 aromatic rings. The molecule has 1 aliphatic heterocycles. The summed E-state index contributed by atoms with van der Waals surface area (Å²) < 4.78 is 16.3. The predicted molar refractivity (Wildman–Crippen MR) is 63.8 cm³/mol. The fourth-order valence-corrected chi connectivity index (χ4v) is 1.75. The van der Waals surface area contributed by atoms with Crippen LogP contribution in [0.2, 0.25) is 0 Å². The normalized spacial score (nSPS) is 23.2. The van der Waals surface area contributed by atoms with Crippen LogP contribution in [0.1, 0.15) is 26.2 Å². The van der Waals surface area contributed by atoms with E-state index in [1.807, 2.05) is 0 Å². The summed E-state index contributed by atoms with van der Waals surface area (Å²) in [5, 5.41) is 3.28. The van der Waals surface area contributed by atoms with Crippen LogP contribution in [0.3, 0.4) is 0 Å². The van der Waals surface area contributed by atoms with Crippen molar-refractivity contribution >= 4 is 0 Å². The monoisotopic (exact) mass is 231 g/mol. The van der Waals surface area contributed by atoms with Crippen LogP contribution in [0.5, 0.6) is 0 Å². The number of hydrogen-bond donors (Lipinski definition) is 1. The van der Waals surface area contributed by atoms with E-state index in [9.17, 15) is 0 Å². The summed E-state index contributed by atoms with van der Waals surface area (Å²) in [4.78, 5) is 0. The van der Waals surface area contributed by atoms with Gasteiger partial charge in [-0.3, -0.25) is 0 Å². The van der Waals surface area contributed by atoms with Crippen molar-refractivity contribution in [3.05, 3.63) is 0 Å². The van der Waals surface area contributed by atoms with Crippen molar-refractivity contribution in [2.75, 3.05) is 40.0 Å². The van der Waals surface area contributed by atoms with Crippen molar-refractivity contribution in [3.8, 4) is 0 Å². The zero-order chi connectivity index (χ0) is 11.6. The molecular weight excluding hydrogens is 206 g/mol. The molecule has 0 spiro atoms. The van der Waals surface area contributed by atoms with Gasteiger partial charge < -0.3 is 19.5 Å². The smallest absolute Gasteiger partial charge is 0.0808 e. The molecule has 0 aromatic carbocycles. The number of rotatable bonds is 8. The topological polar surface area (TPSA) is 39.7 Å². The number of nitrogens with one attached hydrogen (secondary N) is 1. The summed E-state index contributed by atoms with van der Waals surface area (Å²) in [6.07, 6.45) is 4.17. The molecule has 1 rings (SSSR count). The summed E-state index contributed by atoms with van der Waals surface area (Å²) >= 11 is 0. The van der Waals surface area contributed by atoms with E-state index in [-0.39, 0.29) is 6.10 Å². The third kappa shape index (κ3) is 6.43. The van der Waals surface area contributed by atoms with Gasteiger partial charge in [-0.25, -0.2) is 0 Å². The Hall–Kier alpha value is -0.160. The van der Waals surface area contributed by atoms with Gasteiger partial charge in [-0.2, -0.15) is 0 Å². The predicted octanol–water partition coefficient (Wildman–Crippen LogP) is 1.20. The van der Waals surface area contributed by atoms with E-state index in [0.717, 1.165) is 39.3 Å². The molecule has 1 heterocycles. The Bertz CT molecular complexity index is 160. The van der Waals surface area contributed by atoms with Crippen LogP contribution in [-0.2, 0) is 14.2 Å². The minimum atomic E-state index is 0.238. The van der Waals surface area contributed by atoms with E-state index in [4.69, 9.17) is 14.2 Å². The van der Waals surface area contributed by atoms with E-state index < -0.39 is 0 Å². The Morgan fingerprint density at radius 2 is 2.31 bits per heavy atom. The molecule has 96 valence electrons. The van der Waals surface area contributed by atoms with Gasteiger partial charge in [0.1, 0.15) is 0 Å². The molecule has 0 aliphatic carbocycles. The van der Waals surface area contributed by atoms with E-state index in [0.29, 0.717) is 6.10 Å². The van der Waals surface area contributed by atoms with Crippen LogP contribution in [0.25, 0.3) is 0 Å². The maximum absolute atomic E-state index is 5.73. The van der Waals surface area contributed by atoms with Gasteiger partial charge in [-0.15, -0.1) is 0 Å². The van der Waals surface area contributed by atoms with Crippen molar-refractivity contribution in [1.82, 2.24) is 5.32 Å². The standard InChI is InChI=1S/C12H25NO3/c1-11(9-13-6-8-14-2)16-10-12-5-3-4-7-15-12/h11-13H,3-10H2,1-2H3. The van der Waals surface area contributed by atoms with Crippen LogP contribution in [0.4, 0.5) is 0 Å². The maximum Gasteiger partial charge on any atom is 0.0808 e. The Labute approximate surface area is 98.6 Å². The van der Waals surface area contributed by atoms with Crippen molar-refractivity contribution in [2.24, 2.45) is 0 Å². The zero-order valence-electron chi connectivity index (χ0n) is 10.5. The van der Waals surface area contributed by atoms with Crippen LogP contribution in [-0.4, -0.2) is 52.2 Å². The van der Waals surface area contributed by atoms with E-state index in [2.05, 4.69) is 12.2 Å². The summed E-state index contributed by atoms with van der Waals surface area (Å²) in [5.41, 5.74) is 0. The lowest BCUT2D eigenvalue weighted by atomic mass is 10.1. The number of hydrogen-bond acceptors (Lipinski definition) is 4. The van der Waals surface area contributed by atoms with Crippen molar-refractivity contribution < 1.29 is 14.2 Å². The van der Waals surface area contributed by atoms with Gasteiger partial charge in [-0.1, -0.05) is 0 Å². The molecule has 2 atom stereocenters. The summed E-state index contributed by atoms with van der Waals surface area (Å²) in [7, 11) is 1.71. The maximum atomic E-state index is 5.73. The lowest BCUT2D eigenvalue weighted by Gasteiger charge is -2.24. The van der Waals surface area contributed by atoms with E-state index >= 15 is 0 Å². The van der Waals surface area contributed by atoms with Crippen LogP contribution in [0.15, 0.2) is 0 Å². The molecule has 4 heteroatoms. The molecule has 0 bridgehead atoms. The second-order valence-corrected chi connectivity index (χ2v) is 4.33. The van der Waals surface area contributed by atoms with Crippen molar-refractivity contribution in [2.45, 2.75) is 38.4 Å². The Kier molecular flexibility index (Phi) is 7.76. The fraction of sp³-hybridized carbons (Fsp3) is 1.00. The molecule has 0 amide bonds. The lowest BCUT2D eigenvalue weighted by Crippen LogP contribution is -2.32. The average Bonchev–Trinajstić information content (AvgIpc) is 2.33. The third-order valence-corrected chi connectivity index (χ3v) is 2.76. The minimum Gasteiger partial charge on any atom is -0.383 e. The number of ether oxygens (including phenoxy) is 3. The SMILES string of the molecule is COCCNCC(C)OCC1CCCCO1. The molecule has 0 saturated carbocycles. The first-order valence-electron chi connectivity index (χ1n) is 6.25. The molecule has 1 aliphatic rings.